The van der Waals surface area contributed by atoms with E-state index in [-0.39, 0.29) is 4.83 Å². The Kier molecular flexibility index (Phi) is 5.01. The third-order valence-electron chi connectivity index (χ3n) is 2.47. The van der Waals surface area contributed by atoms with Crippen molar-refractivity contribution in [1.82, 2.24) is 0 Å². The minimum absolute atomic E-state index is 0.0766. The molecule has 0 aromatic heterocycles. The number of hydrogen-bond acceptors (Lipinski definition) is 0. The Bertz CT molecular complexity index is 584. The summed E-state index contributed by atoms with van der Waals surface area (Å²) in [5, 5.41) is 1.91. The van der Waals surface area contributed by atoms with Gasteiger partial charge in [-0.3, -0.25) is 0 Å². The van der Waals surface area contributed by atoms with Crippen LogP contribution in [0.25, 0.3) is 0 Å². The number of halogens is 5. The van der Waals surface area contributed by atoms with Gasteiger partial charge in [-0.1, -0.05) is 72.7 Å². The van der Waals surface area contributed by atoms with Gasteiger partial charge in [0.25, 0.3) is 0 Å². The van der Waals surface area contributed by atoms with Crippen LogP contribution in [0.2, 0.25) is 15.1 Å². The maximum absolute atomic E-state index is 6.20. The Hall–Kier alpha value is 0.270. The van der Waals surface area contributed by atoms with Gasteiger partial charge < -0.3 is 0 Å². The Morgan fingerprint density at radius 3 is 2.22 bits per heavy atom. The van der Waals surface area contributed by atoms with E-state index in [1.807, 2.05) is 30.3 Å². The monoisotopic (exact) mass is 426 g/mol. The molecule has 0 heterocycles. The zero-order chi connectivity index (χ0) is 13.3. The van der Waals surface area contributed by atoms with Crippen LogP contribution in [-0.2, 0) is 0 Å². The SMILES string of the molecule is Clc1ccc(C(Br)c2cc(Br)ccc2Cl)c(Cl)c1. The number of benzene rings is 2. The normalized spacial score (nSPS) is 12.5. The molecule has 94 valence electrons. The van der Waals surface area contributed by atoms with Crippen LogP contribution in [0, 0.1) is 0 Å². The summed E-state index contributed by atoms with van der Waals surface area (Å²) in [6, 6.07) is 11.1. The van der Waals surface area contributed by atoms with Gasteiger partial charge >= 0.3 is 0 Å². The number of rotatable bonds is 2. The molecule has 0 N–H and O–H groups in total. The van der Waals surface area contributed by atoms with Crippen molar-refractivity contribution in [3.8, 4) is 0 Å². The Labute approximate surface area is 137 Å². The lowest BCUT2D eigenvalue weighted by atomic mass is 10.0. The van der Waals surface area contributed by atoms with Gasteiger partial charge in [-0.15, -0.1) is 0 Å². The molecule has 0 aliphatic rings. The first kappa shape index (κ1) is 14.7. The molecule has 0 aliphatic carbocycles. The molecule has 2 rings (SSSR count). The van der Waals surface area contributed by atoms with Crippen molar-refractivity contribution in [3.63, 3.8) is 0 Å². The van der Waals surface area contributed by atoms with E-state index in [1.165, 1.54) is 0 Å². The van der Waals surface area contributed by atoms with Gasteiger partial charge in [0, 0.05) is 19.5 Å². The predicted molar refractivity (Wildman–Crippen MR) is 86.4 cm³/mol. The third kappa shape index (κ3) is 3.23. The van der Waals surface area contributed by atoms with Crippen molar-refractivity contribution < 1.29 is 0 Å². The lowest BCUT2D eigenvalue weighted by molar-refractivity contribution is 1.17. The van der Waals surface area contributed by atoms with Crippen molar-refractivity contribution in [1.29, 1.82) is 0 Å². The Balaban J connectivity index is 2.47. The minimum atomic E-state index is -0.0766. The third-order valence-corrected chi connectivity index (χ3v) is 4.85. The van der Waals surface area contributed by atoms with Crippen molar-refractivity contribution >= 4 is 66.7 Å². The highest BCUT2D eigenvalue weighted by Crippen LogP contribution is 2.40. The lowest BCUT2D eigenvalue weighted by Gasteiger charge is -2.14. The van der Waals surface area contributed by atoms with E-state index in [2.05, 4.69) is 31.9 Å². The molecule has 1 unspecified atom stereocenters. The fourth-order valence-corrected chi connectivity index (χ4v) is 3.75. The van der Waals surface area contributed by atoms with Crippen molar-refractivity contribution in [2.24, 2.45) is 0 Å². The molecule has 1 atom stereocenters. The molecule has 0 saturated carbocycles. The highest BCUT2D eigenvalue weighted by molar-refractivity contribution is 9.10. The van der Waals surface area contributed by atoms with Crippen molar-refractivity contribution in [2.45, 2.75) is 4.83 Å². The smallest absolute Gasteiger partial charge is 0.0674 e. The van der Waals surface area contributed by atoms with E-state index in [4.69, 9.17) is 34.8 Å². The summed E-state index contributed by atoms with van der Waals surface area (Å²) in [6.07, 6.45) is 0. The molecule has 0 nitrogen and oxygen atoms in total. The zero-order valence-electron chi connectivity index (χ0n) is 8.93. The lowest BCUT2D eigenvalue weighted by Crippen LogP contribution is -1.95. The molecule has 0 aliphatic heterocycles. The molecule has 2 aromatic rings. The zero-order valence-corrected chi connectivity index (χ0v) is 14.4. The van der Waals surface area contributed by atoms with Crippen LogP contribution in [0.3, 0.4) is 0 Å². The summed E-state index contributed by atoms with van der Waals surface area (Å²) in [5.41, 5.74) is 1.89. The summed E-state index contributed by atoms with van der Waals surface area (Å²) in [5.74, 6) is 0. The van der Waals surface area contributed by atoms with Gasteiger partial charge in [-0.05, 0) is 41.5 Å². The van der Waals surface area contributed by atoms with Crippen LogP contribution < -0.4 is 0 Å². The molecule has 0 saturated heterocycles. The van der Waals surface area contributed by atoms with Crippen molar-refractivity contribution in [2.75, 3.05) is 0 Å². The fraction of sp³-hybridized carbons (Fsp3) is 0.0769. The second kappa shape index (κ2) is 6.15. The fourth-order valence-electron chi connectivity index (χ4n) is 1.58. The second-order valence-electron chi connectivity index (χ2n) is 3.69. The molecular formula is C13H7Br2Cl3. The van der Waals surface area contributed by atoms with Crippen LogP contribution in [0.1, 0.15) is 16.0 Å². The van der Waals surface area contributed by atoms with Gasteiger partial charge in [0.1, 0.15) is 0 Å². The molecule has 0 bridgehead atoms. The highest BCUT2D eigenvalue weighted by atomic mass is 79.9. The Morgan fingerprint density at radius 1 is 0.833 bits per heavy atom. The van der Waals surface area contributed by atoms with E-state index in [0.29, 0.717) is 15.1 Å². The summed E-state index contributed by atoms with van der Waals surface area (Å²) >= 11 is 25.3. The van der Waals surface area contributed by atoms with E-state index < -0.39 is 0 Å². The molecule has 0 spiro atoms. The first-order valence-corrected chi connectivity index (χ1v) is 7.87. The predicted octanol–water partition coefficient (Wildman–Crippen LogP) is 6.89. The van der Waals surface area contributed by atoms with Crippen LogP contribution in [0.5, 0.6) is 0 Å². The van der Waals surface area contributed by atoms with Crippen LogP contribution in [-0.4, -0.2) is 0 Å². The summed E-state index contributed by atoms with van der Waals surface area (Å²) in [6.45, 7) is 0. The van der Waals surface area contributed by atoms with Gasteiger partial charge in [-0.25, -0.2) is 0 Å². The maximum atomic E-state index is 6.20. The topological polar surface area (TPSA) is 0 Å². The summed E-state index contributed by atoms with van der Waals surface area (Å²) < 4.78 is 0.969. The number of alkyl halides is 1. The van der Waals surface area contributed by atoms with Crippen molar-refractivity contribution in [3.05, 3.63) is 67.1 Å². The average Bonchev–Trinajstić information content (AvgIpc) is 2.31. The van der Waals surface area contributed by atoms with E-state index in [9.17, 15) is 0 Å². The van der Waals surface area contributed by atoms with E-state index in [1.54, 1.807) is 6.07 Å². The van der Waals surface area contributed by atoms with Gasteiger partial charge in [0.15, 0.2) is 0 Å². The van der Waals surface area contributed by atoms with E-state index in [0.717, 1.165) is 15.6 Å². The molecule has 2 aromatic carbocycles. The highest BCUT2D eigenvalue weighted by Gasteiger charge is 2.17. The second-order valence-corrected chi connectivity index (χ2v) is 6.78. The Morgan fingerprint density at radius 2 is 1.56 bits per heavy atom. The van der Waals surface area contributed by atoms with E-state index >= 15 is 0 Å². The maximum Gasteiger partial charge on any atom is 0.0674 e. The standard InChI is InChI=1S/C13H7Br2Cl3/c14-7-1-4-11(17)10(5-7)13(15)9-3-2-8(16)6-12(9)18/h1-6,13H. The molecular weight excluding hydrogens is 422 g/mol. The van der Waals surface area contributed by atoms with Crippen LogP contribution in [0.4, 0.5) is 0 Å². The van der Waals surface area contributed by atoms with Gasteiger partial charge in [0.05, 0.1) is 4.83 Å². The largest absolute Gasteiger partial charge is 0.0843 e. The summed E-state index contributed by atoms with van der Waals surface area (Å²) in [4.78, 5) is -0.0766. The first-order chi connectivity index (χ1) is 8.49. The van der Waals surface area contributed by atoms with Crippen LogP contribution >= 0.6 is 66.7 Å². The number of hydrogen-bond donors (Lipinski definition) is 0. The molecule has 5 heteroatoms. The minimum Gasteiger partial charge on any atom is -0.0843 e. The molecule has 0 fully saturated rings. The van der Waals surface area contributed by atoms with Gasteiger partial charge in [0.2, 0.25) is 0 Å². The first-order valence-electron chi connectivity index (χ1n) is 5.03. The molecule has 0 radical (unpaired) electrons. The van der Waals surface area contributed by atoms with Crippen LogP contribution in [0.15, 0.2) is 40.9 Å². The molecule has 0 amide bonds. The summed E-state index contributed by atoms with van der Waals surface area (Å²) in [7, 11) is 0. The molecule has 18 heavy (non-hydrogen) atoms. The quantitative estimate of drug-likeness (QED) is 0.456. The average molecular weight is 429 g/mol. The van der Waals surface area contributed by atoms with Gasteiger partial charge in [-0.2, -0.15) is 0 Å².